The Kier molecular flexibility index (Phi) is 4.33. The summed E-state index contributed by atoms with van der Waals surface area (Å²) in [4.78, 5) is 0. The first-order valence-electron chi connectivity index (χ1n) is 5.47. The number of aliphatic hydroxyl groups is 1. The number of hydrogen-bond donors (Lipinski definition) is 1. The van der Waals surface area contributed by atoms with Crippen LogP contribution in [-0.2, 0) is 0 Å². The molecule has 0 heterocycles. The Morgan fingerprint density at radius 3 is 2.56 bits per heavy atom. The van der Waals surface area contributed by atoms with Gasteiger partial charge in [-0.15, -0.1) is 0 Å². The average molecular weight is 311 g/mol. The summed E-state index contributed by atoms with van der Waals surface area (Å²) < 4.78 is 19.1. The van der Waals surface area contributed by atoms with E-state index in [0.29, 0.717) is 10.2 Å². The van der Waals surface area contributed by atoms with E-state index in [1.807, 2.05) is 30.3 Å². The van der Waals surface area contributed by atoms with Crippen LogP contribution in [0.25, 0.3) is 0 Å². The summed E-state index contributed by atoms with van der Waals surface area (Å²) in [6.07, 6.45) is -0.728. The van der Waals surface area contributed by atoms with Gasteiger partial charge in [0.1, 0.15) is 24.3 Å². The molecule has 0 aliphatic carbocycles. The lowest BCUT2D eigenvalue weighted by molar-refractivity contribution is 0.108. The van der Waals surface area contributed by atoms with Crippen molar-refractivity contribution in [1.82, 2.24) is 0 Å². The maximum absolute atomic E-state index is 13.1. The molecule has 0 saturated heterocycles. The molecule has 0 spiro atoms. The summed E-state index contributed by atoms with van der Waals surface area (Å²) in [5.41, 5.74) is 0.771. The Balaban J connectivity index is 1.99. The van der Waals surface area contributed by atoms with E-state index in [1.54, 1.807) is 6.07 Å². The summed E-state index contributed by atoms with van der Waals surface area (Å²) in [7, 11) is 0. The van der Waals surface area contributed by atoms with Gasteiger partial charge in [-0.25, -0.2) is 4.39 Å². The zero-order chi connectivity index (χ0) is 13.0. The molecule has 2 nitrogen and oxygen atoms in total. The third kappa shape index (κ3) is 3.55. The fraction of sp³-hybridized carbons (Fsp3) is 0.143. The molecule has 0 radical (unpaired) electrons. The quantitative estimate of drug-likeness (QED) is 0.933. The SMILES string of the molecule is OC(COc1cc(F)cc(Br)c1)c1ccccc1. The normalized spacial score (nSPS) is 12.2. The predicted octanol–water partition coefficient (Wildman–Crippen LogP) is 3.70. The molecular weight excluding hydrogens is 299 g/mol. The topological polar surface area (TPSA) is 29.5 Å². The van der Waals surface area contributed by atoms with Crippen LogP contribution in [0.3, 0.4) is 0 Å². The van der Waals surface area contributed by atoms with Crippen molar-refractivity contribution in [1.29, 1.82) is 0 Å². The zero-order valence-electron chi connectivity index (χ0n) is 9.51. The minimum absolute atomic E-state index is 0.0832. The van der Waals surface area contributed by atoms with E-state index in [4.69, 9.17) is 4.74 Å². The second-order valence-corrected chi connectivity index (χ2v) is 4.76. The highest BCUT2D eigenvalue weighted by Crippen LogP contribution is 2.22. The van der Waals surface area contributed by atoms with Crippen molar-refractivity contribution in [3.63, 3.8) is 0 Å². The molecule has 94 valence electrons. The number of ether oxygens (including phenoxy) is 1. The van der Waals surface area contributed by atoms with Crippen LogP contribution in [0.2, 0.25) is 0 Å². The largest absolute Gasteiger partial charge is 0.490 e. The van der Waals surface area contributed by atoms with Crippen molar-refractivity contribution in [2.75, 3.05) is 6.61 Å². The second kappa shape index (κ2) is 5.98. The molecule has 0 fully saturated rings. The van der Waals surface area contributed by atoms with Gasteiger partial charge >= 0.3 is 0 Å². The van der Waals surface area contributed by atoms with E-state index in [9.17, 15) is 9.50 Å². The van der Waals surface area contributed by atoms with Crippen LogP contribution < -0.4 is 4.74 Å². The van der Waals surface area contributed by atoms with E-state index in [2.05, 4.69) is 15.9 Å². The van der Waals surface area contributed by atoms with Crippen molar-refractivity contribution in [2.24, 2.45) is 0 Å². The molecule has 2 aromatic rings. The van der Waals surface area contributed by atoms with Gasteiger partial charge < -0.3 is 9.84 Å². The highest BCUT2D eigenvalue weighted by Gasteiger charge is 2.08. The summed E-state index contributed by atoms with van der Waals surface area (Å²) in [5.74, 6) is 0.00503. The first kappa shape index (κ1) is 13.1. The molecule has 0 amide bonds. The average Bonchev–Trinajstić information content (AvgIpc) is 2.36. The Labute approximate surface area is 113 Å². The maximum atomic E-state index is 13.1. The summed E-state index contributed by atoms with van der Waals surface area (Å²) >= 11 is 3.18. The lowest BCUT2D eigenvalue weighted by atomic mass is 10.1. The molecule has 0 saturated carbocycles. The van der Waals surface area contributed by atoms with E-state index in [-0.39, 0.29) is 12.4 Å². The van der Waals surface area contributed by atoms with Crippen LogP contribution in [0.15, 0.2) is 53.0 Å². The lowest BCUT2D eigenvalue weighted by Crippen LogP contribution is -2.09. The van der Waals surface area contributed by atoms with E-state index >= 15 is 0 Å². The first-order chi connectivity index (χ1) is 8.65. The minimum atomic E-state index is -0.728. The zero-order valence-corrected chi connectivity index (χ0v) is 11.1. The molecule has 18 heavy (non-hydrogen) atoms. The molecule has 1 atom stereocenters. The van der Waals surface area contributed by atoms with Crippen LogP contribution in [0.4, 0.5) is 4.39 Å². The molecule has 0 aliphatic rings. The van der Waals surface area contributed by atoms with Gasteiger partial charge in [0.05, 0.1) is 0 Å². The number of rotatable bonds is 4. The van der Waals surface area contributed by atoms with Gasteiger partial charge in [0, 0.05) is 10.5 Å². The predicted molar refractivity (Wildman–Crippen MR) is 71.0 cm³/mol. The fourth-order valence-electron chi connectivity index (χ4n) is 1.56. The minimum Gasteiger partial charge on any atom is -0.490 e. The standard InChI is InChI=1S/C14H12BrFO2/c15-11-6-12(16)8-13(7-11)18-9-14(17)10-4-2-1-3-5-10/h1-8,14,17H,9H2. The van der Waals surface area contributed by atoms with Crippen LogP contribution in [-0.4, -0.2) is 11.7 Å². The highest BCUT2D eigenvalue weighted by atomic mass is 79.9. The van der Waals surface area contributed by atoms with Gasteiger partial charge in [0.15, 0.2) is 0 Å². The van der Waals surface area contributed by atoms with Crippen molar-refractivity contribution in [2.45, 2.75) is 6.10 Å². The monoisotopic (exact) mass is 310 g/mol. The van der Waals surface area contributed by atoms with Crippen molar-refractivity contribution < 1.29 is 14.2 Å². The smallest absolute Gasteiger partial charge is 0.128 e. The van der Waals surface area contributed by atoms with Crippen LogP contribution in [0.1, 0.15) is 11.7 Å². The molecule has 2 rings (SSSR count). The first-order valence-corrected chi connectivity index (χ1v) is 6.26. The Morgan fingerprint density at radius 2 is 1.89 bits per heavy atom. The third-order valence-corrected chi connectivity index (χ3v) is 2.89. The molecule has 4 heteroatoms. The number of aliphatic hydroxyl groups excluding tert-OH is 1. The van der Waals surface area contributed by atoms with Gasteiger partial charge in [0.2, 0.25) is 0 Å². The van der Waals surface area contributed by atoms with Crippen molar-refractivity contribution >= 4 is 15.9 Å². The molecule has 1 unspecified atom stereocenters. The van der Waals surface area contributed by atoms with Gasteiger partial charge in [-0.3, -0.25) is 0 Å². The van der Waals surface area contributed by atoms with E-state index in [0.717, 1.165) is 5.56 Å². The van der Waals surface area contributed by atoms with E-state index in [1.165, 1.54) is 12.1 Å². The Morgan fingerprint density at radius 1 is 1.17 bits per heavy atom. The number of benzene rings is 2. The number of halogens is 2. The molecule has 0 aliphatic heterocycles. The van der Waals surface area contributed by atoms with Crippen LogP contribution >= 0.6 is 15.9 Å². The summed E-state index contributed by atoms with van der Waals surface area (Å²) in [5, 5.41) is 9.89. The summed E-state index contributed by atoms with van der Waals surface area (Å²) in [6.45, 7) is 0.0832. The van der Waals surface area contributed by atoms with Crippen molar-refractivity contribution in [3.05, 3.63) is 64.4 Å². The van der Waals surface area contributed by atoms with E-state index < -0.39 is 6.10 Å². The Bertz CT molecular complexity index is 496. The summed E-state index contributed by atoms with van der Waals surface area (Å²) in [6, 6.07) is 13.5. The van der Waals surface area contributed by atoms with Gasteiger partial charge in [-0.05, 0) is 17.7 Å². The van der Waals surface area contributed by atoms with Gasteiger partial charge in [-0.1, -0.05) is 46.3 Å². The second-order valence-electron chi connectivity index (χ2n) is 3.84. The molecule has 0 bridgehead atoms. The number of hydrogen-bond acceptors (Lipinski definition) is 2. The van der Waals surface area contributed by atoms with Crippen molar-refractivity contribution in [3.8, 4) is 5.75 Å². The van der Waals surface area contributed by atoms with Crippen LogP contribution in [0, 0.1) is 5.82 Å². The van der Waals surface area contributed by atoms with Gasteiger partial charge in [-0.2, -0.15) is 0 Å². The maximum Gasteiger partial charge on any atom is 0.128 e. The molecule has 2 aromatic carbocycles. The molecule has 1 N–H and O–H groups in total. The molecule has 0 aromatic heterocycles. The lowest BCUT2D eigenvalue weighted by Gasteiger charge is -2.12. The molecular formula is C14H12BrFO2. The van der Waals surface area contributed by atoms with Gasteiger partial charge in [0.25, 0.3) is 0 Å². The fourth-order valence-corrected chi connectivity index (χ4v) is 2.00. The van der Waals surface area contributed by atoms with Crippen LogP contribution in [0.5, 0.6) is 5.75 Å². The third-order valence-electron chi connectivity index (χ3n) is 2.43. The highest BCUT2D eigenvalue weighted by molar-refractivity contribution is 9.10. The Hall–Kier alpha value is -1.39.